The lowest BCUT2D eigenvalue weighted by atomic mass is 10.2. The number of aromatic nitrogens is 2. The van der Waals surface area contributed by atoms with Crippen molar-refractivity contribution >= 4 is 11.7 Å². The van der Waals surface area contributed by atoms with Crippen LogP contribution in [0.4, 0.5) is 10.2 Å². The van der Waals surface area contributed by atoms with Gasteiger partial charge < -0.3 is 10.2 Å². The summed E-state index contributed by atoms with van der Waals surface area (Å²) in [5.74, 6) is -0.912. The fourth-order valence-electron chi connectivity index (χ4n) is 1.99. The third kappa shape index (κ3) is 3.34. The van der Waals surface area contributed by atoms with E-state index in [1.807, 2.05) is 19.1 Å². The average Bonchev–Trinajstić information content (AvgIpc) is 2.53. The Morgan fingerprint density at radius 3 is 2.62 bits per heavy atom. The van der Waals surface area contributed by atoms with E-state index < -0.39 is 5.82 Å². The molecule has 110 valence electrons. The van der Waals surface area contributed by atoms with E-state index in [2.05, 4.69) is 15.3 Å². The highest BCUT2D eigenvalue weighted by molar-refractivity contribution is 5.95. The van der Waals surface area contributed by atoms with Crippen molar-refractivity contribution in [1.82, 2.24) is 14.9 Å². The molecule has 2 aromatic heterocycles. The first-order valence-electron chi connectivity index (χ1n) is 6.67. The largest absolute Gasteiger partial charge is 0.371 e. The molecule has 0 fully saturated rings. The second-order valence-corrected chi connectivity index (χ2v) is 4.45. The Morgan fingerprint density at radius 1 is 1.29 bits per heavy atom. The first-order chi connectivity index (χ1) is 10.2. The summed E-state index contributed by atoms with van der Waals surface area (Å²) >= 11 is 0. The van der Waals surface area contributed by atoms with E-state index in [9.17, 15) is 9.18 Å². The van der Waals surface area contributed by atoms with Crippen molar-refractivity contribution in [1.29, 1.82) is 0 Å². The number of anilines is 1. The zero-order chi connectivity index (χ0) is 15.2. The Bertz CT molecular complexity index is 618. The molecule has 2 heterocycles. The summed E-state index contributed by atoms with van der Waals surface area (Å²) in [7, 11) is 1.56. The molecular weight excluding hydrogens is 271 g/mol. The molecule has 0 bridgehead atoms. The standard InChI is InChI=1S/C15H17FN4O/c1-3-20(10-11-4-7-18-8-5-11)15(21)12-6-9-19-14(17-2)13(12)16/h4-9H,3,10H2,1-2H3,(H,17,19). The third-order valence-corrected chi connectivity index (χ3v) is 3.15. The van der Waals surface area contributed by atoms with Crippen molar-refractivity contribution in [3.63, 3.8) is 0 Å². The van der Waals surface area contributed by atoms with E-state index >= 15 is 0 Å². The number of hydrogen-bond acceptors (Lipinski definition) is 4. The van der Waals surface area contributed by atoms with Crippen LogP contribution < -0.4 is 5.32 Å². The van der Waals surface area contributed by atoms with Crippen molar-refractivity contribution in [3.8, 4) is 0 Å². The first-order valence-corrected chi connectivity index (χ1v) is 6.67. The molecule has 0 aliphatic carbocycles. The molecule has 5 nitrogen and oxygen atoms in total. The van der Waals surface area contributed by atoms with Crippen molar-refractivity contribution < 1.29 is 9.18 Å². The predicted octanol–water partition coefficient (Wildman–Crippen LogP) is 2.32. The SMILES string of the molecule is CCN(Cc1ccncc1)C(=O)c1ccnc(NC)c1F. The van der Waals surface area contributed by atoms with Crippen LogP contribution in [0.25, 0.3) is 0 Å². The summed E-state index contributed by atoms with van der Waals surface area (Å²) in [4.78, 5) is 21.8. The number of rotatable bonds is 5. The smallest absolute Gasteiger partial charge is 0.257 e. The van der Waals surface area contributed by atoms with Crippen LogP contribution in [0.1, 0.15) is 22.8 Å². The van der Waals surface area contributed by atoms with Crippen LogP contribution in [0, 0.1) is 5.82 Å². The third-order valence-electron chi connectivity index (χ3n) is 3.15. The van der Waals surface area contributed by atoms with Gasteiger partial charge in [-0.2, -0.15) is 0 Å². The summed E-state index contributed by atoms with van der Waals surface area (Å²) < 4.78 is 14.2. The number of hydrogen-bond donors (Lipinski definition) is 1. The Balaban J connectivity index is 2.24. The molecule has 0 aromatic carbocycles. The van der Waals surface area contributed by atoms with Gasteiger partial charge in [0, 0.05) is 38.7 Å². The van der Waals surface area contributed by atoms with Gasteiger partial charge in [-0.25, -0.2) is 9.37 Å². The van der Waals surface area contributed by atoms with Crippen molar-refractivity contribution in [3.05, 3.63) is 53.7 Å². The molecule has 0 spiro atoms. The minimum absolute atomic E-state index is 0.0188. The van der Waals surface area contributed by atoms with Gasteiger partial charge in [0.25, 0.3) is 5.91 Å². The molecule has 6 heteroatoms. The fourth-order valence-corrected chi connectivity index (χ4v) is 1.99. The molecule has 1 amide bonds. The van der Waals surface area contributed by atoms with Gasteiger partial charge in [0.05, 0.1) is 5.56 Å². The monoisotopic (exact) mass is 288 g/mol. The number of pyridine rings is 2. The van der Waals surface area contributed by atoms with E-state index in [1.54, 1.807) is 24.3 Å². The number of halogens is 1. The molecule has 0 unspecified atom stereocenters. The highest BCUT2D eigenvalue weighted by Crippen LogP contribution is 2.17. The van der Waals surface area contributed by atoms with Gasteiger partial charge in [-0.05, 0) is 30.7 Å². The van der Waals surface area contributed by atoms with E-state index in [1.165, 1.54) is 12.3 Å². The Hall–Kier alpha value is -2.50. The quantitative estimate of drug-likeness (QED) is 0.917. The molecule has 0 atom stereocenters. The lowest BCUT2D eigenvalue weighted by Crippen LogP contribution is -2.31. The van der Waals surface area contributed by atoms with Crippen LogP contribution in [0.5, 0.6) is 0 Å². The molecule has 1 N–H and O–H groups in total. The molecule has 2 rings (SSSR count). The fraction of sp³-hybridized carbons (Fsp3) is 0.267. The lowest BCUT2D eigenvalue weighted by Gasteiger charge is -2.21. The maximum atomic E-state index is 14.2. The Morgan fingerprint density at radius 2 is 2.00 bits per heavy atom. The summed E-state index contributed by atoms with van der Waals surface area (Å²) in [6, 6.07) is 5.06. The van der Waals surface area contributed by atoms with Crippen LogP contribution in [0.2, 0.25) is 0 Å². The van der Waals surface area contributed by atoms with Crippen LogP contribution in [0.3, 0.4) is 0 Å². The normalized spacial score (nSPS) is 10.2. The van der Waals surface area contributed by atoms with Gasteiger partial charge in [0.1, 0.15) is 0 Å². The number of nitrogens with zero attached hydrogens (tertiary/aromatic N) is 3. The maximum Gasteiger partial charge on any atom is 0.257 e. The minimum atomic E-state index is -0.627. The molecule has 0 aliphatic heterocycles. The maximum absolute atomic E-state index is 14.2. The Labute approximate surface area is 122 Å². The highest BCUT2D eigenvalue weighted by Gasteiger charge is 2.20. The number of carbonyl (C=O) groups is 1. The zero-order valence-electron chi connectivity index (χ0n) is 12.0. The molecule has 0 aliphatic rings. The number of nitrogens with one attached hydrogen (secondary N) is 1. The molecule has 0 saturated carbocycles. The van der Waals surface area contributed by atoms with Crippen LogP contribution in [-0.2, 0) is 6.54 Å². The van der Waals surface area contributed by atoms with E-state index in [0.717, 1.165) is 5.56 Å². The summed E-state index contributed by atoms with van der Waals surface area (Å²) in [5.41, 5.74) is 0.966. The molecule has 21 heavy (non-hydrogen) atoms. The summed E-state index contributed by atoms with van der Waals surface area (Å²) in [6.07, 6.45) is 4.75. The van der Waals surface area contributed by atoms with Crippen molar-refractivity contribution in [2.45, 2.75) is 13.5 Å². The van der Waals surface area contributed by atoms with E-state index in [-0.39, 0.29) is 17.3 Å². The average molecular weight is 288 g/mol. The van der Waals surface area contributed by atoms with Gasteiger partial charge in [-0.3, -0.25) is 9.78 Å². The molecular formula is C15H17FN4O. The van der Waals surface area contributed by atoms with E-state index in [0.29, 0.717) is 13.1 Å². The molecule has 0 saturated heterocycles. The molecule has 2 aromatic rings. The minimum Gasteiger partial charge on any atom is -0.371 e. The van der Waals surface area contributed by atoms with Gasteiger partial charge in [0.15, 0.2) is 11.6 Å². The van der Waals surface area contributed by atoms with Gasteiger partial charge in [0.2, 0.25) is 0 Å². The summed E-state index contributed by atoms with van der Waals surface area (Å²) in [6.45, 7) is 2.75. The van der Waals surface area contributed by atoms with E-state index in [4.69, 9.17) is 0 Å². The Kier molecular flexibility index (Phi) is 4.81. The van der Waals surface area contributed by atoms with Gasteiger partial charge >= 0.3 is 0 Å². The lowest BCUT2D eigenvalue weighted by molar-refractivity contribution is 0.0748. The molecule has 0 radical (unpaired) electrons. The van der Waals surface area contributed by atoms with Crippen LogP contribution in [-0.4, -0.2) is 34.4 Å². The van der Waals surface area contributed by atoms with Crippen LogP contribution >= 0.6 is 0 Å². The second-order valence-electron chi connectivity index (χ2n) is 4.45. The van der Waals surface area contributed by atoms with Crippen molar-refractivity contribution in [2.75, 3.05) is 18.9 Å². The topological polar surface area (TPSA) is 58.1 Å². The zero-order valence-corrected chi connectivity index (χ0v) is 12.0. The predicted molar refractivity (Wildman–Crippen MR) is 78.4 cm³/mol. The van der Waals surface area contributed by atoms with Crippen molar-refractivity contribution in [2.24, 2.45) is 0 Å². The summed E-state index contributed by atoms with van der Waals surface area (Å²) in [5, 5.41) is 2.63. The highest BCUT2D eigenvalue weighted by atomic mass is 19.1. The van der Waals surface area contributed by atoms with Crippen LogP contribution in [0.15, 0.2) is 36.8 Å². The van der Waals surface area contributed by atoms with Gasteiger partial charge in [-0.1, -0.05) is 0 Å². The number of carbonyl (C=O) groups excluding carboxylic acids is 1. The van der Waals surface area contributed by atoms with Gasteiger partial charge in [-0.15, -0.1) is 0 Å². The second kappa shape index (κ2) is 6.78. The number of amides is 1. The first kappa shape index (κ1) is 14.9.